The zero-order valence-electron chi connectivity index (χ0n) is 16.5. The lowest BCUT2D eigenvalue weighted by Crippen LogP contribution is -2.55. The van der Waals surface area contributed by atoms with E-state index in [0.717, 1.165) is 17.1 Å². The van der Waals surface area contributed by atoms with Crippen LogP contribution in [0.5, 0.6) is 0 Å². The van der Waals surface area contributed by atoms with Gasteiger partial charge in [0, 0.05) is 29.8 Å². The molecule has 0 spiro atoms. The van der Waals surface area contributed by atoms with E-state index in [1.165, 1.54) is 14.0 Å². The average molecular weight is 375 g/mol. The van der Waals surface area contributed by atoms with E-state index in [4.69, 9.17) is 4.74 Å². The van der Waals surface area contributed by atoms with Gasteiger partial charge in [-0.3, -0.25) is 4.79 Å². The Hall–Kier alpha value is -2.81. The first-order valence-corrected chi connectivity index (χ1v) is 8.48. The Labute approximate surface area is 157 Å². The molecule has 0 aliphatic rings. The van der Waals surface area contributed by atoms with Crippen molar-refractivity contribution >= 4 is 11.9 Å². The number of hydrogen-bond donors (Lipinski definition) is 2. The summed E-state index contributed by atoms with van der Waals surface area (Å²) in [6, 6.07) is 1.87. The number of amides is 1. The van der Waals surface area contributed by atoms with Crippen LogP contribution in [0.4, 0.5) is 0 Å². The number of methoxy groups -OCH3 is 1. The molecule has 1 atom stereocenters. The number of carbonyl (C=O) groups excluding carboxylic acids is 1. The van der Waals surface area contributed by atoms with E-state index in [2.05, 4.69) is 20.4 Å². The zero-order valence-corrected chi connectivity index (χ0v) is 16.5. The van der Waals surface area contributed by atoms with Crippen molar-refractivity contribution in [2.75, 3.05) is 13.7 Å². The molecule has 0 radical (unpaired) electrons. The fourth-order valence-corrected chi connectivity index (χ4v) is 2.88. The molecule has 0 aliphatic heterocycles. The maximum Gasteiger partial charge on any atom is 0.331 e. The summed E-state index contributed by atoms with van der Waals surface area (Å²) in [5.74, 6) is -1.15. The topological polar surface area (TPSA) is 119 Å². The van der Waals surface area contributed by atoms with Crippen LogP contribution in [0.2, 0.25) is 0 Å². The first-order valence-electron chi connectivity index (χ1n) is 8.48. The molecule has 0 aliphatic carbocycles. The Morgan fingerprint density at radius 3 is 2.33 bits per heavy atom. The van der Waals surface area contributed by atoms with Crippen LogP contribution >= 0.6 is 0 Å². The number of carboxylic acid groups (broad SMARTS) is 1. The van der Waals surface area contributed by atoms with Crippen LogP contribution in [0, 0.1) is 27.7 Å². The highest BCUT2D eigenvalue weighted by atomic mass is 16.5. The maximum absolute atomic E-state index is 12.5. The number of aliphatic carboxylic acids is 1. The van der Waals surface area contributed by atoms with Gasteiger partial charge in [0.05, 0.1) is 18.7 Å². The van der Waals surface area contributed by atoms with E-state index >= 15 is 0 Å². The third-order valence-electron chi connectivity index (χ3n) is 4.26. The largest absolute Gasteiger partial charge is 0.479 e. The van der Waals surface area contributed by atoms with Crippen molar-refractivity contribution in [2.45, 2.75) is 46.6 Å². The predicted molar refractivity (Wildman–Crippen MR) is 97.9 cm³/mol. The second kappa shape index (κ2) is 7.83. The number of aryl methyl sites for hydroxylation is 3. The van der Waals surface area contributed by atoms with Gasteiger partial charge in [0.15, 0.2) is 5.54 Å². The Kier molecular flexibility index (Phi) is 5.94. The molecule has 2 N–H and O–H groups in total. The molecule has 2 heterocycles. The van der Waals surface area contributed by atoms with Gasteiger partial charge in [0.1, 0.15) is 0 Å². The van der Waals surface area contributed by atoms with E-state index in [-0.39, 0.29) is 13.0 Å². The van der Waals surface area contributed by atoms with Crippen LogP contribution in [-0.4, -0.2) is 56.0 Å². The number of hydrogen-bond acceptors (Lipinski definition) is 6. The van der Waals surface area contributed by atoms with E-state index in [1.54, 1.807) is 11.6 Å². The normalized spacial score (nSPS) is 13.3. The molecule has 0 fully saturated rings. The maximum atomic E-state index is 12.5. The smallest absolute Gasteiger partial charge is 0.331 e. The number of nitrogens with zero attached hydrogens (tertiary/aromatic N) is 4. The van der Waals surface area contributed by atoms with Crippen molar-refractivity contribution in [1.82, 2.24) is 25.1 Å². The van der Waals surface area contributed by atoms with Crippen LogP contribution < -0.4 is 5.32 Å². The summed E-state index contributed by atoms with van der Waals surface area (Å²) in [5, 5.41) is 16.4. The molecule has 2 aromatic rings. The highest BCUT2D eigenvalue weighted by Gasteiger charge is 2.35. The first kappa shape index (κ1) is 20.5. The highest BCUT2D eigenvalue weighted by Crippen LogP contribution is 2.18. The molecule has 0 aromatic carbocycles. The number of carboxylic acids is 1. The second-order valence-electron chi connectivity index (χ2n) is 6.81. The minimum Gasteiger partial charge on any atom is -0.479 e. The van der Waals surface area contributed by atoms with Gasteiger partial charge in [-0.25, -0.2) is 19.4 Å². The molecule has 27 heavy (non-hydrogen) atoms. The highest BCUT2D eigenvalue weighted by molar-refractivity contribution is 5.88. The molecule has 0 saturated carbocycles. The molecule has 1 amide bonds. The lowest BCUT2D eigenvalue weighted by Gasteiger charge is -2.25. The summed E-state index contributed by atoms with van der Waals surface area (Å²) in [7, 11) is 1.38. The standard InChI is InChI=1S/C18H25N5O4/c1-10-7-11(2)20-17(19-10)23-13(4)14(12(3)22-23)8-15(24)21-18(5,9-27-6)16(25)26/h7H,8-9H2,1-6H3,(H,21,24)(H,25,26). The summed E-state index contributed by atoms with van der Waals surface area (Å²) in [6.45, 7) is 8.64. The third-order valence-corrected chi connectivity index (χ3v) is 4.26. The molecule has 9 nitrogen and oxygen atoms in total. The Bertz CT molecular complexity index is 857. The van der Waals surface area contributed by atoms with Crippen molar-refractivity contribution in [3.05, 3.63) is 34.4 Å². The van der Waals surface area contributed by atoms with Gasteiger partial charge in [-0.1, -0.05) is 0 Å². The van der Waals surface area contributed by atoms with Gasteiger partial charge < -0.3 is 15.2 Å². The molecule has 9 heteroatoms. The first-order chi connectivity index (χ1) is 12.6. The zero-order chi connectivity index (χ0) is 20.4. The van der Waals surface area contributed by atoms with Crippen molar-refractivity contribution < 1.29 is 19.4 Å². The summed E-state index contributed by atoms with van der Waals surface area (Å²) < 4.78 is 6.52. The van der Waals surface area contributed by atoms with E-state index in [0.29, 0.717) is 17.2 Å². The summed E-state index contributed by atoms with van der Waals surface area (Å²) in [5.41, 5.74) is 2.24. The van der Waals surface area contributed by atoms with Crippen molar-refractivity contribution in [3.8, 4) is 5.95 Å². The lowest BCUT2D eigenvalue weighted by molar-refractivity contribution is -0.149. The third kappa shape index (κ3) is 4.48. The average Bonchev–Trinajstić information content (AvgIpc) is 2.82. The Morgan fingerprint density at radius 2 is 1.81 bits per heavy atom. The van der Waals surface area contributed by atoms with E-state index in [9.17, 15) is 14.7 Å². The van der Waals surface area contributed by atoms with Gasteiger partial charge in [-0.15, -0.1) is 0 Å². The van der Waals surface area contributed by atoms with E-state index in [1.807, 2.05) is 26.8 Å². The molecule has 146 valence electrons. The number of aromatic nitrogens is 4. The quantitative estimate of drug-likeness (QED) is 0.742. The predicted octanol–water partition coefficient (Wildman–Crippen LogP) is 1.04. The number of carbonyl (C=O) groups is 2. The van der Waals surface area contributed by atoms with Gasteiger partial charge in [-0.2, -0.15) is 5.10 Å². The van der Waals surface area contributed by atoms with Gasteiger partial charge >= 0.3 is 5.97 Å². The summed E-state index contributed by atoms with van der Waals surface area (Å²) in [4.78, 5) is 32.7. The van der Waals surface area contributed by atoms with Crippen LogP contribution in [0.25, 0.3) is 5.95 Å². The van der Waals surface area contributed by atoms with Gasteiger partial charge in [0.25, 0.3) is 5.95 Å². The van der Waals surface area contributed by atoms with Crippen LogP contribution in [-0.2, 0) is 20.7 Å². The Morgan fingerprint density at radius 1 is 1.22 bits per heavy atom. The summed E-state index contributed by atoms with van der Waals surface area (Å²) in [6.07, 6.45) is -0.00491. The van der Waals surface area contributed by atoms with Gasteiger partial charge in [-0.05, 0) is 40.7 Å². The van der Waals surface area contributed by atoms with Gasteiger partial charge in [0.2, 0.25) is 5.91 Å². The minimum atomic E-state index is -1.50. The molecule has 2 aromatic heterocycles. The second-order valence-corrected chi connectivity index (χ2v) is 6.81. The molecule has 0 bridgehead atoms. The number of ether oxygens (including phenoxy) is 1. The summed E-state index contributed by atoms with van der Waals surface area (Å²) >= 11 is 0. The van der Waals surface area contributed by atoms with Crippen LogP contribution in [0.15, 0.2) is 6.07 Å². The fraction of sp³-hybridized carbons (Fsp3) is 0.500. The van der Waals surface area contributed by atoms with Crippen molar-refractivity contribution in [3.63, 3.8) is 0 Å². The SMILES string of the molecule is COCC(C)(NC(=O)Cc1c(C)nn(-c2nc(C)cc(C)n2)c1C)C(=O)O. The Balaban J connectivity index is 2.29. The van der Waals surface area contributed by atoms with Crippen LogP contribution in [0.1, 0.15) is 35.3 Å². The molecular weight excluding hydrogens is 350 g/mol. The number of nitrogens with one attached hydrogen (secondary N) is 1. The van der Waals surface area contributed by atoms with Crippen LogP contribution in [0.3, 0.4) is 0 Å². The fourth-order valence-electron chi connectivity index (χ4n) is 2.88. The van der Waals surface area contributed by atoms with E-state index < -0.39 is 17.4 Å². The molecule has 2 rings (SSSR count). The minimum absolute atomic E-state index is 0.00491. The molecule has 1 unspecified atom stereocenters. The molecular formula is C18H25N5O4. The van der Waals surface area contributed by atoms with Crippen molar-refractivity contribution in [2.24, 2.45) is 0 Å². The van der Waals surface area contributed by atoms with Crippen molar-refractivity contribution in [1.29, 1.82) is 0 Å². The lowest BCUT2D eigenvalue weighted by atomic mass is 10.0. The molecule has 0 saturated heterocycles. The monoisotopic (exact) mass is 375 g/mol. The number of rotatable bonds is 7.